The summed E-state index contributed by atoms with van der Waals surface area (Å²) in [5, 5.41) is 9.89. The van der Waals surface area contributed by atoms with E-state index in [4.69, 9.17) is 0 Å². The van der Waals surface area contributed by atoms with E-state index in [0.29, 0.717) is 11.5 Å². The summed E-state index contributed by atoms with van der Waals surface area (Å²) < 4.78 is 0. The topological polar surface area (TPSA) is 69.2 Å². The lowest BCUT2D eigenvalue weighted by molar-refractivity contribution is 0.453. The van der Waals surface area contributed by atoms with E-state index in [1.54, 1.807) is 31.1 Å². The number of H-pyrrole nitrogens is 1. The van der Waals surface area contributed by atoms with Gasteiger partial charge in [-0.15, -0.1) is 0 Å². The van der Waals surface area contributed by atoms with Crippen LogP contribution in [0.25, 0.3) is 11.1 Å². The van der Waals surface area contributed by atoms with Gasteiger partial charge in [0.2, 0.25) is 11.8 Å². The molecule has 0 spiro atoms. The zero-order valence-electron chi connectivity index (χ0n) is 10.6. The van der Waals surface area contributed by atoms with Crippen molar-refractivity contribution in [2.45, 2.75) is 6.92 Å². The number of aromatic hydroxyl groups is 1. The van der Waals surface area contributed by atoms with E-state index in [1.165, 1.54) is 0 Å². The van der Waals surface area contributed by atoms with E-state index in [2.05, 4.69) is 9.97 Å². The van der Waals surface area contributed by atoms with Crippen LogP contribution in [-0.2, 0) is 0 Å². The van der Waals surface area contributed by atoms with Crippen LogP contribution in [-0.4, -0.2) is 29.2 Å². The number of anilines is 1. The van der Waals surface area contributed by atoms with Crippen LogP contribution in [0.5, 0.6) is 5.88 Å². The van der Waals surface area contributed by atoms with E-state index in [1.807, 2.05) is 19.1 Å². The Morgan fingerprint density at radius 1 is 1.22 bits per heavy atom. The normalized spacial score (nSPS) is 10.4. The van der Waals surface area contributed by atoms with Crippen LogP contribution in [0.4, 0.5) is 5.95 Å². The Labute approximate surface area is 105 Å². The van der Waals surface area contributed by atoms with Gasteiger partial charge in [-0.1, -0.05) is 29.8 Å². The van der Waals surface area contributed by atoms with Gasteiger partial charge in [0, 0.05) is 14.1 Å². The number of nitrogens with one attached hydrogen (secondary N) is 1. The van der Waals surface area contributed by atoms with Crippen LogP contribution in [0.15, 0.2) is 29.1 Å². The van der Waals surface area contributed by atoms with Crippen molar-refractivity contribution in [1.29, 1.82) is 0 Å². The van der Waals surface area contributed by atoms with Crippen molar-refractivity contribution in [2.24, 2.45) is 0 Å². The minimum absolute atomic E-state index is 0.195. The van der Waals surface area contributed by atoms with Gasteiger partial charge in [0.05, 0.1) is 0 Å². The van der Waals surface area contributed by atoms with Gasteiger partial charge in [-0.3, -0.25) is 9.78 Å². The highest BCUT2D eigenvalue weighted by Gasteiger charge is 2.13. The van der Waals surface area contributed by atoms with E-state index in [9.17, 15) is 9.90 Å². The Hall–Kier alpha value is -2.30. The SMILES string of the molecule is Cc1ccc(-c2c(O)nc(N(C)C)[nH]c2=O)cc1. The summed E-state index contributed by atoms with van der Waals surface area (Å²) in [6.07, 6.45) is 0. The second-order valence-corrected chi connectivity index (χ2v) is 4.35. The fraction of sp³-hybridized carbons (Fsp3) is 0.231. The number of hydrogen-bond donors (Lipinski definition) is 2. The van der Waals surface area contributed by atoms with Gasteiger partial charge in [0.25, 0.3) is 5.56 Å². The van der Waals surface area contributed by atoms with Gasteiger partial charge >= 0.3 is 0 Å². The summed E-state index contributed by atoms with van der Waals surface area (Å²) in [4.78, 5) is 20.2. The Kier molecular flexibility index (Phi) is 3.06. The third kappa shape index (κ3) is 2.20. The third-order valence-electron chi connectivity index (χ3n) is 2.65. The van der Waals surface area contributed by atoms with Crippen molar-refractivity contribution in [2.75, 3.05) is 19.0 Å². The zero-order valence-corrected chi connectivity index (χ0v) is 10.6. The maximum atomic E-state index is 12.0. The Morgan fingerprint density at radius 2 is 1.83 bits per heavy atom. The molecule has 0 radical (unpaired) electrons. The number of aromatic amines is 1. The van der Waals surface area contributed by atoms with Crippen LogP contribution in [0, 0.1) is 6.92 Å². The molecule has 0 amide bonds. The number of aromatic nitrogens is 2. The molecule has 0 bridgehead atoms. The van der Waals surface area contributed by atoms with Crippen LogP contribution in [0.3, 0.4) is 0 Å². The maximum Gasteiger partial charge on any atom is 0.264 e. The maximum absolute atomic E-state index is 12.0. The first-order valence-corrected chi connectivity index (χ1v) is 5.56. The fourth-order valence-electron chi connectivity index (χ4n) is 1.64. The molecule has 0 saturated carbocycles. The van der Waals surface area contributed by atoms with E-state index < -0.39 is 0 Å². The summed E-state index contributed by atoms with van der Waals surface area (Å²) in [7, 11) is 3.48. The number of nitrogens with zero attached hydrogens (tertiary/aromatic N) is 2. The van der Waals surface area contributed by atoms with Crippen LogP contribution in [0.1, 0.15) is 5.56 Å². The molecule has 2 rings (SSSR count). The second-order valence-electron chi connectivity index (χ2n) is 4.35. The average Bonchev–Trinajstić information content (AvgIpc) is 2.30. The lowest BCUT2D eigenvalue weighted by Gasteiger charge is -2.12. The summed E-state index contributed by atoms with van der Waals surface area (Å²) in [5.41, 5.74) is 1.58. The first-order valence-electron chi connectivity index (χ1n) is 5.56. The Morgan fingerprint density at radius 3 is 2.33 bits per heavy atom. The average molecular weight is 245 g/mol. The zero-order chi connectivity index (χ0) is 13.3. The quantitative estimate of drug-likeness (QED) is 0.841. The molecule has 1 aromatic carbocycles. The lowest BCUT2D eigenvalue weighted by Crippen LogP contribution is -2.19. The highest BCUT2D eigenvalue weighted by atomic mass is 16.3. The van der Waals surface area contributed by atoms with Crippen molar-refractivity contribution >= 4 is 5.95 Å². The fourth-order valence-corrected chi connectivity index (χ4v) is 1.64. The van der Waals surface area contributed by atoms with Gasteiger partial charge in [-0.25, -0.2) is 0 Å². The van der Waals surface area contributed by atoms with Gasteiger partial charge in [-0.2, -0.15) is 4.98 Å². The van der Waals surface area contributed by atoms with Crippen LogP contribution >= 0.6 is 0 Å². The van der Waals surface area contributed by atoms with Crippen LogP contribution < -0.4 is 10.5 Å². The molecule has 5 nitrogen and oxygen atoms in total. The summed E-state index contributed by atoms with van der Waals surface area (Å²) in [6, 6.07) is 7.34. The van der Waals surface area contributed by atoms with Crippen LogP contribution in [0.2, 0.25) is 0 Å². The first-order chi connectivity index (χ1) is 8.49. The molecule has 2 aromatic rings. The molecule has 0 atom stereocenters. The Bertz CT molecular complexity index is 615. The van der Waals surface area contributed by atoms with Gasteiger partial charge in [-0.05, 0) is 12.5 Å². The number of benzene rings is 1. The smallest absolute Gasteiger partial charge is 0.264 e. The molecule has 2 N–H and O–H groups in total. The third-order valence-corrected chi connectivity index (χ3v) is 2.65. The molecule has 0 unspecified atom stereocenters. The highest BCUT2D eigenvalue weighted by Crippen LogP contribution is 2.24. The molecule has 1 heterocycles. The number of hydrogen-bond acceptors (Lipinski definition) is 4. The molecule has 0 saturated heterocycles. The molecule has 0 aliphatic rings. The molecule has 0 aliphatic heterocycles. The highest BCUT2D eigenvalue weighted by molar-refractivity contribution is 5.68. The molecule has 5 heteroatoms. The van der Waals surface area contributed by atoms with E-state index in [-0.39, 0.29) is 17.0 Å². The molecule has 94 valence electrons. The molecular formula is C13H15N3O2. The molecular weight excluding hydrogens is 230 g/mol. The summed E-state index contributed by atoms with van der Waals surface area (Å²) in [6.45, 7) is 1.96. The molecule has 18 heavy (non-hydrogen) atoms. The van der Waals surface area contributed by atoms with Gasteiger partial charge in [0.1, 0.15) is 5.56 Å². The largest absolute Gasteiger partial charge is 0.493 e. The van der Waals surface area contributed by atoms with Gasteiger partial charge in [0.15, 0.2) is 0 Å². The first kappa shape index (κ1) is 12.2. The predicted molar refractivity (Wildman–Crippen MR) is 71.0 cm³/mol. The van der Waals surface area contributed by atoms with Crippen molar-refractivity contribution in [3.63, 3.8) is 0 Å². The van der Waals surface area contributed by atoms with Crippen molar-refractivity contribution in [3.05, 3.63) is 40.2 Å². The minimum Gasteiger partial charge on any atom is -0.493 e. The van der Waals surface area contributed by atoms with E-state index >= 15 is 0 Å². The summed E-state index contributed by atoms with van der Waals surface area (Å²) in [5.74, 6) is 0.0691. The minimum atomic E-state index is -0.352. The molecule has 0 fully saturated rings. The van der Waals surface area contributed by atoms with Gasteiger partial charge < -0.3 is 10.0 Å². The van der Waals surface area contributed by atoms with Crippen molar-refractivity contribution in [3.8, 4) is 17.0 Å². The number of rotatable bonds is 2. The monoisotopic (exact) mass is 245 g/mol. The lowest BCUT2D eigenvalue weighted by atomic mass is 10.1. The van der Waals surface area contributed by atoms with Crippen molar-refractivity contribution in [1.82, 2.24) is 9.97 Å². The number of aryl methyl sites for hydroxylation is 1. The summed E-state index contributed by atoms with van der Waals surface area (Å²) >= 11 is 0. The van der Waals surface area contributed by atoms with E-state index in [0.717, 1.165) is 5.56 Å². The second kappa shape index (κ2) is 4.52. The standard InChI is InChI=1S/C13H15N3O2/c1-8-4-6-9(7-5-8)10-11(17)14-13(16(2)3)15-12(10)18/h4-7H,1-3H3,(H2,14,15,17,18). The predicted octanol–water partition coefficient (Wildman–Crippen LogP) is 1.52. The molecule has 1 aromatic heterocycles. The Balaban J connectivity index is 2.59. The van der Waals surface area contributed by atoms with Crippen molar-refractivity contribution < 1.29 is 5.11 Å². The molecule has 0 aliphatic carbocycles.